The average molecular weight is 263 g/mol. The van der Waals surface area contributed by atoms with Crippen LogP contribution >= 0.6 is 0 Å². The van der Waals surface area contributed by atoms with Gasteiger partial charge in [-0.2, -0.15) is 4.98 Å². The van der Waals surface area contributed by atoms with E-state index in [1.807, 2.05) is 26.8 Å². The van der Waals surface area contributed by atoms with E-state index in [0.29, 0.717) is 30.1 Å². The summed E-state index contributed by atoms with van der Waals surface area (Å²) < 4.78 is 11.5. The van der Waals surface area contributed by atoms with Crippen LogP contribution in [-0.2, 0) is 4.74 Å². The molecule has 0 saturated carbocycles. The number of fused-ring (bicyclic) bond motifs is 2. The lowest BCUT2D eigenvalue weighted by Crippen LogP contribution is -2.31. The van der Waals surface area contributed by atoms with Gasteiger partial charge in [0.1, 0.15) is 0 Å². The molecule has 0 amide bonds. The quantitative estimate of drug-likeness (QED) is 0.903. The third kappa shape index (κ3) is 2.81. The van der Waals surface area contributed by atoms with Crippen molar-refractivity contribution >= 4 is 5.95 Å². The van der Waals surface area contributed by atoms with Crippen molar-refractivity contribution in [3.05, 3.63) is 11.8 Å². The summed E-state index contributed by atoms with van der Waals surface area (Å²) in [6.07, 6.45) is 4.26. The van der Waals surface area contributed by atoms with Crippen LogP contribution < -0.4 is 10.1 Å². The van der Waals surface area contributed by atoms with Crippen molar-refractivity contribution in [1.82, 2.24) is 9.97 Å². The summed E-state index contributed by atoms with van der Waals surface area (Å²) in [5, 5.41) is 3.40. The Bertz CT molecular complexity index is 464. The van der Waals surface area contributed by atoms with Gasteiger partial charge < -0.3 is 14.8 Å². The average Bonchev–Trinajstić information content (AvgIpc) is 2.88. The highest BCUT2D eigenvalue weighted by atomic mass is 16.5. The Morgan fingerprint density at radius 1 is 1.37 bits per heavy atom. The number of aryl methyl sites for hydroxylation is 1. The van der Waals surface area contributed by atoms with E-state index in [4.69, 9.17) is 9.47 Å². The smallest absolute Gasteiger partial charge is 0.226 e. The van der Waals surface area contributed by atoms with Crippen LogP contribution in [0.2, 0.25) is 0 Å². The molecule has 2 aliphatic heterocycles. The molecule has 3 atom stereocenters. The molecule has 3 rings (SSSR count). The Kier molecular flexibility index (Phi) is 3.31. The molecular formula is C14H21N3O2. The number of aromatic nitrogens is 2. The summed E-state index contributed by atoms with van der Waals surface area (Å²) in [7, 11) is 0. The fourth-order valence-corrected chi connectivity index (χ4v) is 2.86. The van der Waals surface area contributed by atoms with Gasteiger partial charge in [-0.3, -0.25) is 0 Å². The molecule has 104 valence electrons. The number of nitrogens with one attached hydrogen (secondary N) is 1. The second-order valence-electron chi connectivity index (χ2n) is 5.70. The van der Waals surface area contributed by atoms with Crippen molar-refractivity contribution in [2.75, 3.05) is 5.32 Å². The third-order valence-corrected chi connectivity index (χ3v) is 3.61. The van der Waals surface area contributed by atoms with Crippen molar-refractivity contribution in [2.45, 2.75) is 64.4 Å². The van der Waals surface area contributed by atoms with Crippen LogP contribution in [0, 0.1) is 6.92 Å². The molecule has 0 aliphatic carbocycles. The topological polar surface area (TPSA) is 56.3 Å². The number of ether oxygens (including phenoxy) is 2. The van der Waals surface area contributed by atoms with E-state index in [-0.39, 0.29) is 6.10 Å². The van der Waals surface area contributed by atoms with Gasteiger partial charge in [0, 0.05) is 11.8 Å². The second-order valence-corrected chi connectivity index (χ2v) is 5.70. The van der Waals surface area contributed by atoms with Crippen molar-refractivity contribution in [3.8, 4) is 5.88 Å². The maximum Gasteiger partial charge on any atom is 0.226 e. The fourth-order valence-electron chi connectivity index (χ4n) is 2.86. The van der Waals surface area contributed by atoms with Crippen LogP contribution in [0.25, 0.3) is 0 Å². The van der Waals surface area contributed by atoms with E-state index in [9.17, 15) is 0 Å². The minimum absolute atomic E-state index is 0.118. The van der Waals surface area contributed by atoms with Crippen molar-refractivity contribution in [3.63, 3.8) is 0 Å². The zero-order valence-electron chi connectivity index (χ0n) is 11.7. The van der Waals surface area contributed by atoms with E-state index in [1.165, 1.54) is 6.42 Å². The molecule has 5 nitrogen and oxygen atoms in total. The number of anilines is 1. The molecule has 19 heavy (non-hydrogen) atoms. The van der Waals surface area contributed by atoms with Gasteiger partial charge in [0.25, 0.3) is 0 Å². The van der Waals surface area contributed by atoms with Gasteiger partial charge >= 0.3 is 0 Å². The van der Waals surface area contributed by atoms with Crippen molar-refractivity contribution in [1.29, 1.82) is 0 Å². The Hall–Kier alpha value is -1.36. The molecule has 1 aromatic rings. The lowest BCUT2D eigenvalue weighted by molar-refractivity contribution is 0.102. The van der Waals surface area contributed by atoms with Gasteiger partial charge in [0.15, 0.2) is 0 Å². The normalized spacial score (nSPS) is 28.9. The summed E-state index contributed by atoms with van der Waals surface area (Å²) in [5.74, 6) is 1.28. The standard InChI is InChI=1S/C14H21N3O2/c1-8(2)18-13-6-9(3)15-14(17-13)16-11-7-10-4-5-12(11)19-10/h6,8,10-12H,4-5,7H2,1-3H3,(H,15,16,17). The highest BCUT2D eigenvalue weighted by Crippen LogP contribution is 2.35. The van der Waals surface area contributed by atoms with E-state index in [1.54, 1.807) is 0 Å². The molecule has 3 heterocycles. The van der Waals surface area contributed by atoms with Crippen LogP contribution in [0.15, 0.2) is 6.07 Å². The third-order valence-electron chi connectivity index (χ3n) is 3.61. The molecule has 2 bridgehead atoms. The van der Waals surface area contributed by atoms with Crippen LogP contribution in [-0.4, -0.2) is 34.3 Å². The van der Waals surface area contributed by atoms with Crippen LogP contribution in [0.4, 0.5) is 5.95 Å². The minimum Gasteiger partial charge on any atom is -0.475 e. The van der Waals surface area contributed by atoms with Gasteiger partial charge in [0.05, 0.1) is 24.4 Å². The molecule has 2 saturated heterocycles. The van der Waals surface area contributed by atoms with E-state index in [2.05, 4.69) is 15.3 Å². The van der Waals surface area contributed by atoms with Crippen LogP contribution in [0.1, 0.15) is 38.8 Å². The van der Waals surface area contributed by atoms with Crippen LogP contribution in [0.3, 0.4) is 0 Å². The summed E-state index contributed by atoms with van der Waals surface area (Å²) in [4.78, 5) is 8.85. The van der Waals surface area contributed by atoms with Gasteiger partial charge in [0.2, 0.25) is 11.8 Å². The first-order valence-electron chi connectivity index (χ1n) is 7.04. The molecule has 1 N–H and O–H groups in total. The fraction of sp³-hybridized carbons (Fsp3) is 0.714. The Labute approximate surface area is 113 Å². The molecule has 3 unspecified atom stereocenters. The summed E-state index contributed by atoms with van der Waals surface area (Å²) in [6.45, 7) is 5.94. The first kappa shape index (κ1) is 12.7. The first-order chi connectivity index (χ1) is 9.10. The van der Waals surface area contributed by atoms with E-state index in [0.717, 1.165) is 18.5 Å². The van der Waals surface area contributed by atoms with Crippen LogP contribution in [0.5, 0.6) is 5.88 Å². The molecule has 0 spiro atoms. The molecule has 0 aromatic carbocycles. The monoisotopic (exact) mass is 263 g/mol. The highest BCUT2D eigenvalue weighted by molar-refractivity contribution is 5.33. The summed E-state index contributed by atoms with van der Waals surface area (Å²) in [5.41, 5.74) is 0.914. The molecule has 0 radical (unpaired) electrons. The number of hydrogen-bond donors (Lipinski definition) is 1. The first-order valence-corrected chi connectivity index (χ1v) is 7.04. The predicted octanol–water partition coefficient (Wildman–Crippen LogP) is 2.30. The van der Waals surface area contributed by atoms with Crippen molar-refractivity contribution in [2.24, 2.45) is 0 Å². The van der Waals surface area contributed by atoms with Crippen molar-refractivity contribution < 1.29 is 9.47 Å². The molecule has 5 heteroatoms. The molecule has 1 aromatic heterocycles. The maximum atomic E-state index is 5.83. The lowest BCUT2D eigenvalue weighted by Gasteiger charge is -2.20. The minimum atomic E-state index is 0.118. The zero-order valence-corrected chi connectivity index (χ0v) is 11.7. The number of rotatable bonds is 4. The van der Waals surface area contributed by atoms with E-state index >= 15 is 0 Å². The Morgan fingerprint density at radius 3 is 2.84 bits per heavy atom. The molecular weight excluding hydrogens is 242 g/mol. The summed E-state index contributed by atoms with van der Waals surface area (Å²) >= 11 is 0. The Balaban J connectivity index is 1.71. The Morgan fingerprint density at radius 2 is 2.21 bits per heavy atom. The molecule has 2 fully saturated rings. The highest BCUT2D eigenvalue weighted by Gasteiger charge is 2.41. The number of hydrogen-bond acceptors (Lipinski definition) is 5. The summed E-state index contributed by atoms with van der Waals surface area (Å²) in [6, 6.07) is 2.20. The largest absolute Gasteiger partial charge is 0.475 e. The van der Waals surface area contributed by atoms with Gasteiger partial charge in [-0.05, 0) is 40.0 Å². The lowest BCUT2D eigenvalue weighted by atomic mass is 9.96. The number of nitrogens with zero attached hydrogens (tertiary/aromatic N) is 2. The van der Waals surface area contributed by atoms with Gasteiger partial charge in [-0.25, -0.2) is 4.98 Å². The SMILES string of the molecule is Cc1cc(OC(C)C)nc(NC2CC3CCC2O3)n1. The maximum absolute atomic E-state index is 5.83. The molecule has 2 aliphatic rings. The van der Waals surface area contributed by atoms with Gasteiger partial charge in [-0.15, -0.1) is 0 Å². The van der Waals surface area contributed by atoms with E-state index < -0.39 is 0 Å². The second kappa shape index (κ2) is 4.96. The predicted molar refractivity (Wildman–Crippen MR) is 72.5 cm³/mol. The van der Waals surface area contributed by atoms with Gasteiger partial charge in [-0.1, -0.05) is 0 Å². The zero-order chi connectivity index (χ0) is 13.4.